The molecular weight excluding hydrogens is 222 g/mol. The molecule has 0 saturated heterocycles. The maximum atomic E-state index is 10.2. The second kappa shape index (κ2) is 4.91. The van der Waals surface area contributed by atoms with Crippen LogP contribution in [0.4, 0.5) is 0 Å². The van der Waals surface area contributed by atoms with E-state index < -0.39 is 6.10 Å². The van der Waals surface area contributed by atoms with Crippen LogP contribution in [0.1, 0.15) is 48.1 Å². The third-order valence-corrected chi connectivity index (χ3v) is 3.80. The van der Waals surface area contributed by atoms with Gasteiger partial charge >= 0.3 is 0 Å². The molecule has 1 aromatic heterocycles. The first kappa shape index (κ1) is 11.4. The Morgan fingerprint density at radius 1 is 1.06 bits per heavy atom. The minimum Gasteiger partial charge on any atom is -0.382 e. The summed E-state index contributed by atoms with van der Waals surface area (Å²) in [6, 6.07) is 13.9. The van der Waals surface area contributed by atoms with E-state index >= 15 is 0 Å². The molecule has 0 amide bonds. The van der Waals surface area contributed by atoms with Crippen LogP contribution in [0.25, 0.3) is 0 Å². The van der Waals surface area contributed by atoms with Crippen LogP contribution in [0, 0.1) is 0 Å². The summed E-state index contributed by atoms with van der Waals surface area (Å²) in [5.74, 6) is 0.742. The highest BCUT2D eigenvalue weighted by atomic mass is 16.3. The van der Waals surface area contributed by atoms with Gasteiger partial charge in [0.25, 0.3) is 0 Å². The highest BCUT2D eigenvalue weighted by molar-refractivity contribution is 5.31. The van der Waals surface area contributed by atoms with Gasteiger partial charge in [0, 0.05) is 6.20 Å². The summed E-state index contributed by atoms with van der Waals surface area (Å²) in [5.41, 5.74) is 3.02. The molecule has 92 valence electrons. The molecule has 0 aliphatic heterocycles. The maximum Gasteiger partial charge on any atom is 0.121 e. The monoisotopic (exact) mass is 239 g/mol. The van der Waals surface area contributed by atoms with E-state index in [-0.39, 0.29) is 0 Å². The Morgan fingerprint density at radius 2 is 1.83 bits per heavy atom. The van der Waals surface area contributed by atoms with Crippen molar-refractivity contribution in [1.82, 2.24) is 4.98 Å². The minimum absolute atomic E-state index is 0.623. The Labute approximate surface area is 107 Å². The van der Waals surface area contributed by atoms with Crippen molar-refractivity contribution >= 4 is 0 Å². The molecular formula is C16H17NO. The van der Waals surface area contributed by atoms with Gasteiger partial charge in [-0.2, -0.15) is 0 Å². The van der Waals surface area contributed by atoms with Gasteiger partial charge in [0.2, 0.25) is 0 Å². The van der Waals surface area contributed by atoms with Crippen LogP contribution >= 0.6 is 0 Å². The number of benzene rings is 1. The van der Waals surface area contributed by atoms with Crippen molar-refractivity contribution < 1.29 is 5.11 Å². The van der Waals surface area contributed by atoms with Gasteiger partial charge in [-0.05, 0) is 42.0 Å². The quantitative estimate of drug-likeness (QED) is 0.890. The molecule has 1 atom stereocenters. The molecule has 1 aliphatic rings. The van der Waals surface area contributed by atoms with Crippen LogP contribution in [0.5, 0.6) is 0 Å². The topological polar surface area (TPSA) is 33.1 Å². The third-order valence-electron chi connectivity index (χ3n) is 3.80. The zero-order valence-corrected chi connectivity index (χ0v) is 10.3. The van der Waals surface area contributed by atoms with E-state index in [0.29, 0.717) is 5.69 Å². The van der Waals surface area contributed by atoms with Gasteiger partial charge in [-0.1, -0.05) is 36.8 Å². The summed E-state index contributed by atoms with van der Waals surface area (Å²) < 4.78 is 0. The van der Waals surface area contributed by atoms with Gasteiger partial charge in [-0.15, -0.1) is 0 Å². The molecule has 1 aliphatic carbocycles. The standard InChI is InChI=1S/C16H17NO/c18-16(15-6-1-2-11-17-15)14-9-7-13(8-10-14)12-4-3-5-12/h1-2,6-12,16,18H,3-5H2. The Kier molecular flexibility index (Phi) is 3.11. The third kappa shape index (κ3) is 2.16. The molecule has 2 heteroatoms. The number of nitrogens with zero attached hydrogens (tertiary/aromatic N) is 1. The first-order valence-electron chi connectivity index (χ1n) is 6.53. The van der Waals surface area contributed by atoms with E-state index in [1.165, 1.54) is 24.8 Å². The van der Waals surface area contributed by atoms with E-state index in [9.17, 15) is 5.11 Å². The van der Waals surface area contributed by atoms with Crippen molar-refractivity contribution in [3.8, 4) is 0 Å². The van der Waals surface area contributed by atoms with Gasteiger partial charge in [0.15, 0.2) is 0 Å². The van der Waals surface area contributed by atoms with Gasteiger partial charge in [0.1, 0.15) is 6.10 Å². The molecule has 1 saturated carbocycles. The van der Waals surface area contributed by atoms with Crippen LogP contribution < -0.4 is 0 Å². The fourth-order valence-electron chi connectivity index (χ4n) is 2.40. The van der Waals surface area contributed by atoms with E-state index in [1.54, 1.807) is 6.20 Å². The van der Waals surface area contributed by atoms with Crippen LogP contribution in [0.15, 0.2) is 48.7 Å². The van der Waals surface area contributed by atoms with Gasteiger partial charge in [-0.25, -0.2) is 0 Å². The SMILES string of the molecule is OC(c1ccc(C2CCC2)cc1)c1ccccn1. The molecule has 2 aromatic rings. The van der Waals surface area contributed by atoms with Crippen molar-refractivity contribution in [2.45, 2.75) is 31.3 Å². The van der Waals surface area contributed by atoms with Gasteiger partial charge in [-0.3, -0.25) is 4.98 Å². The summed E-state index contributed by atoms with van der Waals surface area (Å²) in [7, 11) is 0. The first-order chi connectivity index (χ1) is 8.84. The zero-order chi connectivity index (χ0) is 12.4. The van der Waals surface area contributed by atoms with Crippen molar-refractivity contribution in [3.05, 3.63) is 65.5 Å². The van der Waals surface area contributed by atoms with Crippen molar-refractivity contribution in [2.24, 2.45) is 0 Å². The second-order valence-electron chi connectivity index (χ2n) is 4.95. The highest BCUT2D eigenvalue weighted by Gasteiger charge is 2.19. The van der Waals surface area contributed by atoms with Crippen LogP contribution in [0.3, 0.4) is 0 Å². The number of hydrogen-bond donors (Lipinski definition) is 1. The first-order valence-corrected chi connectivity index (χ1v) is 6.53. The summed E-state index contributed by atoms with van der Waals surface area (Å²) in [5, 5.41) is 10.2. The molecule has 3 rings (SSSR count). The molecule has 0 bridgehead atoms. The van der Waals surface area contributed by atoms with Crippen LogP contribution in [-0.2, 0) is 0 Å². The molecule has 1 aromatic carbocycles. The molecule has 1 N–H and O–H groups in total. The number of pyridine rings is 1. The summed E-state index contributed by atoms with van der Waals surface area (Å²) in [6.07, 6.45) is 5.05. The average Bonchev–Trinajstić information content (AvgIpc) is 2.38. The van der Waals surface area contributed by atoms with Crippen LogP contribution in [-0.4, -0.2) is 10.1 Å². The number of aliphatic hydroxyl groups is 1. The molecule has 0 radical (unpaired) electrons. The fraction of sp³-hybridized carbons (Fsp3) is 0.312. The molecule has 1 fully saturated rings. The van der Waals surface area contributed by atoms with Gasteiger partial charge in [0.05, 0.1) is 5.69 Å². The predicted molar refractivity (Wildman–Crippen MR) is 71.3 cm³/mol. The minimum atomic E-state index is -0.623. The fourth-order valence-corrected chi connectivity index (χ4v) is 2.40. The Bertz CT molecular complexity index is 502. The second-order valence-corrected chi connectivity index (χ2v) is 4.95. The van der Waals surface area contributed by atoms with Crippen LogP contribution in [0.2, 0.25) is 0 Å². The van der Waals surface area contributed by atoms with Crippen molar-refractivity contribution in [1.29, 1.82) is 0 Å². The lowest BCUT2D eigenvalue weighted by molar-refractivity contribution is 0.215. The Morgan fingerprint density at radius 3 is 2.39 bits per heavy atom. The number of aromatic nitrogens is 1. The van der Waals surface area contributed by atoms with E-state index in [1.807, 2.05) is 30.3 Å². The molecule has 1 heterocycles. The molecule has 18 heavy (non-hydrogen) atoms. The average molecular weight is 239 g/mol. The summed E-state index contributed by atoms with van der Waals surface area (Å²) in [4.78, 5) is 4.19. The largest absolute Gasteiger partial charge is 0.382 e. The molecule has 2 nitrogen and oxygen atoms in total. The smallest absolute Gasteiger partial charge is 0.121 e. The lowest BCUT2D eigenvalue weighted by Crippen LogP contribution is -2.09. The van der Waals surface area contributed by atoms with Crippen molar-refractivity contribution in [3.63, 3.8) is 0 Å². The Balaban J connectivity index is 1.80. The number of hydrogen-bond acceptors (Lipinski definition) is 2. The van der Waals surface area contributed by atoms with Crippen molar-refractivity contribution in [2.75, 3.05) is 0 Å². The van der Waals surface area contributed by atoms with Gasteiger partial charge < -0.3 is 5.11 Å². The number of aliphatic hydroxyl groups excluding tert-OH is 1. The predicted octanol–water partition coefficient (Wildman–Crippen LogP) is 3.43. The normalized spacial score (nSPS) is 17.2. The maximum absolute atomic E-state index is 10.2. The molecule has 1 unspecified atom stereocenters. The van der Waals surface area contributed by atoms with E-state index in [0.717, 1.165) is 11.5 Å². The molecule has 0 spiro atoms. The zero-order valence-electron chi connectivity index (χ0n) is 10.3. The van der Waals surface area contributed by atoms with E-state index in [2.05, 4.69) is 17.1 Å². The lowest BCUT2D eigenvalue weighted by Gasteiger charge is -2.26. The summed E-state index contributed by atoms with van der Waals surface area (Å²) >= 11 is 0. The van der Waals surface area contributed by atoms with E-state index in [4.69, 9.17) is 0 Å². The number of rotatable bonds is 3. The Hall–Kier alpha value is -1.67. The summed E-state index contributed by atoms with van der Waals surface area (Å²) in [6.45, 7) is 0. The highest BCUT2D eigenvalue weighted by Crippen LogP contribution is 2.36. The lowest BCUT2D eigenvalue weighted by atomic mass is 9.80.